The van der Waals surface area contributed by atoms with Gasteiger partial charge in [0, 0.05) is 5.02 Å². The van der Waals surface area contributed by atoms with Crippen molar-refractivity contribution in [1.82, 2.24) is 10.6 Å². The van der Waals surface area contributed by atoms with Crippen molar-refractivity contribution in [1.29, 1.82) is 0 Å². The smallest absolute Gasteiger partial charge is 0.240 e. The average Bonchev–Trinajstić information content (AvgIpc) is 2.40. The molecule has 1 aliphatic heterocycles. The van der Waals surface area contributed by atoms with Crippen molar-refractivity contribution in [2.75, 3.05) is 6.54 Å². The highest BCUT2D eigenvalue weighted by Gasteiger charge is 2.34. The molecule has 0 spiro atoms. The Hall–Kier alpha value is -1.06. The highest BCUT2D eigenvalue weighted by Crippen LogP contribution is 2.21. The van der Waals surface area contributed by atoms with Crippen LogP contribution in [0.3, 0.4) is 0 Å². The lowest BCUT2D eigenvalue weighted by molar-refractivity contribution is -0.128. The van der Waals surface area contributed by atoms with Gasteiger partial charge in [-0.1, -0.05) is 23.7 Å². The fraction of sp³-hybridized carbons (Fsp3) is 0.533. The molecule has 0 bridgehead atoms. The summed E-state index contributed by atoms with van der Waals surface area (Å²) in [5, 5.41) is 7.12. The van der Waals surface area contributed by atoms with Crippen LogP contribution in [0.2, 0.25) is 5.02 Å². The van der Waals surface area contributed by atoms with Gasteiger partial charge in [0.25, 0.3) is 0 Å². The van der Waals surface area contributed by atoms with Crippen molar-refractivity contribution in [3.8, 4) is 0 Å². The first-order valence-electron chi connectivity index (χ1n) is 6.83. The topological polar surface area (TPSA) is 41.1 Å². The zero-order valence-electron chi connectivity index (χ0n) is 11.5. The van der Waals surface area contributed by atoms with E-state index in [2.05, 4.69) is 10.6 Å². The summed E-state index contributed by atoms with van der Waals surface area (Å²) in [6.07, 6.45) is 3.15. The molecule has 2 atom stereocenters. The molecule has 0 aliphatic carbocycles. The Balaban J connectivity index is 2.00. The lowest BCUT2D eigenvalue weighted by atomic mass is 9.89. The van der Waals surface area contributed by atoms with Crippen molar-refractivity contribution in [3.63, 3.8) is 0 Å². The second-order valence-corrected chi connectivity index (χ2v) is 5.90. The van der Waals surface area contributed by atoms with E-state index in [9.17, 15) is 4.79 Å². The van der Waals surface area contributed by atoms with Gasteiger partial charge in [-0.05, 0) is 57.4 Å². The summed E-state index contributed by atoms with van der Waals surface area (Å²) in [5.74, 6) is 0.0784. The van der Waals surface area contributed by atoms with Crippen LogP contribution in [0.25, 0.3) is 0 Å². The van der Waals surface area contributed by atoms with E-state index in [1.165, 1.54) is 0 Å². The molecule has 4 heteroatoms. The van der Waals surface area contributed by atoms with Gasteiger partial charge in [-0.25, -0.2) is 0 Å². The number of piperidine rings is 1. The largest absolute Gasteiger partial charge is 0.348 e. The van der Waals surface area contributed by atoms with Gasteiger partial charge in [0.2, 0.25) is 5.91 Å². The Labute approximate surface area is 119 Å². The standard InChI is InChI=1S/C15H21ClN2O/c1-11(12-5-7-13(16)8-6-12)18-14(19)15(2)9-3-4-10-17-15/h5-8,11,17H,3-4,9-10H2,1-2H3,(H,18,19)/t11-,15?/m0/s1. The summed E-state index contributed by atoms with van der Waals surface area (Å²) < 4.78 is 0. The summed E-state index contributed by atoms with van der Waals surface area (Å²) in [7, 11) is 0. The van der Waals surface area contributed by atoms with Crippen LogP contribution in [-0.4, -0.2) is 18.0 Å². The SMILES string of the molecule is C[C@H](NC(=O)C1(C)CCCCN1)c1ccc(Cl)cc1. The highest BCUT2D eigenvalue weighted by molar-refractivity contribution is 6.30. The van der Waals surface area contributed by atoms with Crippen LogP contribution in [0.5, 0.6) is 0 Å². The third-order valence-corrected chi connectivity index (χ3v) is 4.09. The van der Waals surface area contributed by atoms with E-state index < -0.39 is 5.54 Å². The van der Waals surface area contributed by atoms with Crippen LogP contribution in [0.4, 0.5) is 0 Å². The lowest BCUT2D eigenvalue weighted by Crippen LogP contribution is -2.57. The molecule has 1 aliphatic rings. The molecular weight excluding hydrogens is 260 g/mol. The molecule has 0 aromatic heterocycles. The predicted molar refractivity (Wildman–Crippen MR) is 78.3 cm³/mol. The highest BCUT2D eigenvalue weighted by atomic mass is 35.5. The quantitative estimate of drug-likeness (QED) is 0.893. The van der Waals surface area contributed by atoms with Gasteiger partial charge in [-0.2, -0.15) is 0 Å². The Morgan fingerprint density at radius 2 is 2.05 bits per heavy atom. The van der Waals surface area contributed by atoms with Gasteiger partial charge in [0.1, 0.15) is 0 Å². The normalized spacial score (nSPS) is 24.8. The van der Waals surface area contributed by atoms with Crippen LogP contribution in [0, 0.1) is 0 Å². The minimum absolute atomic E-state index is 0.00896. The minimum atomic E-state index is -0.432. The van der Waals surface area contributed by atoms with Crippen LogP contribution >= 0.6 is 11.6 Å². The van der Waals surface area contributed by atoms with Crippen LogP contribution in [0.1, 0.15) is 44.7 Å². The van der Waals surface area contributed by atoms with Crippen molar-refractivity contribution in [3.05, 3.63) is 34.9 Å². The molecule has 104 valence electrons. The first kappa shape index (κ1) is 14.4. The molecule has 1 saturated heterocycles. The van der Waals surface area contributed by atoms with E-state index in [-0.39, 0.29) is 11.9 Å². The molecular formula is C15H21ClN2O. The molecule has 0 radical (unpaired) electrons. The van der Waals surface area contributed by atoms with Gasteiger partial charge in [0.15, 0.2) is 0 Å². The van der Waals surface area contributed by atoms with Crippen LogP contribution in [-0.2, 0) is 4.79 Å². The van der Waals surface area contributed by atoms with E-state index in [0.717, 1.165) is 31.4 Å². The van der Waals surface area contributed by atoms with Gasteiger partial charge >= 0.3 is 0 Å². The fourth-order valence-electron chi connectivity index (χ4n) is 2.44. The number of carbonyl (C=O) groups is 1. The van der Waals surface area contributed by atoms with Gasteiger partial charge in [-0.3, -0.25) is 4.79 Å². The van der Waals surface area contributed by atoms with Gasteiger partial charge < -0.3 is 10.6 Å². The molecule has 2 rings (SSSR count). The number of nitrogens with one attached hydrogen (secondary N) is 2. The number of amides is 1. The zero-order valence-corrected chi connectivity index (χ0v) is 12.3. The summed E-state index contributed by atoms with van der Waals surface area (Å²) in [6, 6.07) is 7.58. The molecule has 1 unspecified atom stereocenters. The predicted octanol–water partition coefficient (Wildman–Crippen LogP) is 3.05. The first-order valence-corrected chi connectivity index (χ1v) is 7.20. The van der Waals surface area contributed by atoms with Crippen LogP contribution < -0.4 is 10.6 Å². The van der Waals surface area contributed by atoms with Crippen molar-refractivity contribution in [2.24, 2.45) is 0 Å². The minimum Gasteiger partial charge on any atom is -0.348 e. The maximum atomic E-state index is 12.4. The zero-order chi connectivity index (χ0) is 13.9. The van der Waals surface area contributed by atoms with Gasteiger partial charge in [-0.15, -0.1) is 0 Å². The average molecular weight is 281 g/mol. The first-order chi connectivity index (χ1) is 9.01. The maximum absolute atomic E-state index is 12.4. The Kier molecular flexibility index (Phi) is 4.48. The molecule has 1 amide bonds. The number of hydrogen-bond donors (Lipinski definition) is 2. The van der Waals surface area contributed by atoms with E-state index in [0.29, 0.717) is 5.02 Å². The molecule has 1 aromatic rings. The second kappa shape index (κ2) is 5.93. The molecule has 19 heavy (non-hydrogen) atoms. The second-order valence-electron chi connectivity index (χ2n) is 5.46. The Morgan fingerprint density at radius 1 is 1.37 bits per heavy atom. The summed E-state index contributed by atoms with van der Waals surface area (Å²) in [4.78, 5) is 12.4. The van der Waals surface area contributed by atoms with E-state index in [4.69, 9.17) is 11.6 Å². The molecule has 3 nitrogen and oxygen atoms in total. The van der Waals surface area contributed by atoms with E-state index in [1.54, 1.807) is 0 Å². The molecule has 2 N–H and O–H groups in total. The molecule has 0 saturated carbocycles. The van der Waals surface area contributed by atoms with Crippen molar-refractivity contribution >= 4 is 17.5 Å². The van der Waals surface area contributed by atoms with Crippen LogP contribution in [0.15, 0.2) is 24.3 Å². The molecule has 1 heterocycles. The number of hydrogen-bond acceptors (Lipinski definition) is 2. The molecule has 1 aromatic carbocycles. The number of rotatable bonds is 3. The van der Waals surface area contributed by atoms with Crippen molar-refractivity contribution < 1.29 is 4.79 Å². The maximum Gasteiger partial charge on any atom is 0.240 e. The van der Waals surface area contributed by atoms with Gasteiger partial charge in [0.05, 0.1) is 11.6 Å². The monoisotopic (exact) mass is 280 g/mol. The summed E-state index contributed by atoms with van der Waals surface area (Å²) in [5.41, 5.74) is 0.635. The van der Waals surface area contributed by atoms with Crippen molar-refractivity contribution in [2.45, 2.75) is 44.7 Å². The Morgan fingerprint density at radius 3 is 2.63 bits per heavy atom. The fourth-order valence-corrected chi connectivity index (χ4v) is 2.57. The molecule has 1 fully saturated rings. The third-order valence-electron chi connectivity index (χ3n) is 3.84. The third kappa shape index (κ3) is 3.48. The number of benzene rings is 1. The number of carbonyl (C=O) groups excluding carboxylic acids is 1. The van der Waals surface area contributed by atoms with E-state index >= 15 is 0 Å². The number of halogens is 1. The summed E-state index contributed by atoms with van der Waals surface area (Å²) >= 11 is 5.87. The van der Waals surface area contributed by atoms with E-state index in [1.807, 2.05) is 38.1 Å². The summed E-state index contributed by atoms with van der Waals surface area (Å²) in [6.45, 7) is 4.89. The lowest BCUT2D eigenvalue weighted by Gasteiger charge is -2.34. The Bertz CT molecular complexity index is 438.